The molecule has 1 aromatic rings. The van der Waals surface area contributed by atoms with Gasteiger partial charge in [0.15, 0.2) is 0 Å². The predicted molar refractivity (Wildman–Crippen MR) is 46.1 cm³/mol. The van der Waals surface area contributed by atoms with Crippen molar-refractivity contribution in [1.82, 2.24) is 9.55 Å². The summed E-state index contributed by atoms with van der Waals surface area (Å²) in [5, 5.41) is 9.83. The molecule has 1 heterocycles. The highest BCUT2D eigenvalue weighted by molar-refractivity contribution is 6.28. The fourth-order valence-electron chi connectivity index (χ4n) is 1.75. The summed E-state index contributed by atoms with van der Waals surface area (Å²) < 4.78 is 1.93. The van der Waals surface area contributed by atoms with E-state index in [-0.39, 0.29) is 6.10 Å². The Kier molecular flexibility index (Phi) is 2.07. The van der Waals surface area contributed by atoms with E-state index in [1.807, 2.05) is 10.8 Å². The summed E-state index contributed by atoms with van der Waals surface area (Å²) in [6.07, 6.45) is 6.07. The Morgan fingerprint density at radius 3 is 2.92 bits per heavy atom. The number of hydrogen-bond donors (Lipinski definition) is 1. The maximum atomic E-state index is 9.31. The fraction of sp³-hybridized carbons (Fsp3) is 0.625. The van der Waals surface area contributed by atoms with Gasteiger partial charge in [-0.25, -0.2) is 4.98 Å². The number of nitrogens with zero attached hydrogens (tertiary/aromatic N) is 2. The van der Waals surface area contributed by atoms with Crippen LogP contribution in [0, 0.1) is 0 Å². The lowest BCUT2D eigenvalue weighted by Gasteiger charge is -2.11. The first kappa shape index (κ1) is 8.08. The molecular formula is C8H11ClN2O. The maximum Gasteiger partial charge on any atom is 0.202 e. The second-order valence-electron chi connectivity index (χ2n) is 3.22. The van der Waals surface area contributed by atoms with Gasteiger partial charge in [0, 0.05) is 18.4 Å². The normalized spacial score (nSPS) is 29.5. The van der Waals surface area contributed by atoms with Crippen LogP contribution in [0.15, 0.2) is 12.4 Å². The summed E-state index contributed by atoms with van der Waals surface area (Å²) in [4.78, 5) is 3.93. The molecule has 2 unspecified atom stereocenters. The van der Waals surface area contributed by atoms with E-state index in [0.29, 0.717) is 11.3 Å². The molecule has 3 nitrogen and oxygen atoms in total. The maximum absolute atomic E-state index is 9.31. The van der Waals surface area contributed by atoms with Crippen LogP contribution in [0.2, 0.25) is 5.28 Å². The first-order valence-corrected chi connectivity index (χ1v) is 4.51. The van der Waals surface area contributed by atoms with Crippen LogP contribution in [0.3, 0.4) is 0 Å². The summed E-state index contributed by atoms with van der Waals surface area (Å²) in [5.74, 6) is 0. The number of aliphatic hydroxyl groups is 1. The van der Waals surface area contributed by atoms with Crippen molar-refractivity contribution in [3.8, 4) is 0 Å². The summed E-state index contributed by atoms with van der Waals surface area (Å²) in [6.45, 7) is 0. The van der Waals surface area contributed by atoms with Crippen LogP contribution in [0.25, 0.3) is 0 Å². The van der Waals surface area contributed by atoms with Gasteiger partial charge < -0.3 is 9.67 Å². The minimum Gasteiger partial charge on any atom is -0.393 e. The van der Waals surface area contributed by atoms with E-state index < -0.39 is 0 Å². The van der Waals surface area contributed by atoms with Crippen molar-refractivity contribution in [2.45, 2.75) is 31.4 Å². The van der Waals surface area contributed by atoms with Crippen LogP contribution < -0.4 is 0 Å². The Labute approximate surface area is 76.0 Å². The van der Waals surface area contributed by atoms with E-state index in [9.17, 15) is 5.11 Å². The zero-order chi connectivity index (χ0) is 8.55. The van der Waals surface area contributed by atoms with E-state index in [4.69, 9.17) is 11.6 Å². The van der Waals surface area contributed by atoms with Crippen molar-refractivity contribution < 1.29 is 5.11 Å². The second kappa shape index (κ2) is 3.07. The molecule has 0 spiro atoms. The topological polar surface area (TPSA) is 38.0 Å². The van der Waals surface area contributed by atoms with Gasteiger partial charge in [-0.15, -0.1) is 0 Å². The number of rotatable bonds is 1. The fourth-order valence-corrected chi connectivity index (χ4v) is 2.01. The third-order valence-electron chi connectivity index (χ3n) is 2.39. The molecule has 4 heteroatoms. The van der Waals surface area contributed by atoms with Crippen LogP contribution in [-0.4, -0.2) is 20.8 Å². The molecule has 2 rings (SSSR count). The van der Waals surface area contributed by atoms with E-state index in [1.54, 1.807) is 6.20 Å². The van der Waals surface area contributed by atoms with Crippen LogP contribution in [0.1, 0.15) is 25.3 Å². The van der Waals surface area contributed by atoms with E-state index in [2.05, 4.69) is 4.98 Å². The molecule has 2 atom stereocenters. The Balaban J connectivity index is 2.16. The summed E-state index contributed by atoms with van der Waals surface area (Å²) in [5.41, 5.74) is 0. The van der Waals surface area contributed by atoms with Crippen molar-refractivity contribution in [3.05, 3.63) is 17.7 Å². The molecule has 0 amide bonds. The number of hydrogen-bond acceptors (Lipinski definition) is 2. The van der Waals surface area contributed by atoms with Gasteiger partial charge in [-0.3, -0.25) is 0 Å². The molecule has 66 valence electrons. The molecule has 0 aromatic carbocycles. The minimum absolute atomic E-state index is 0.159. The molecule has 1 saturated carbocycles. The largest absolute Gasteiger partial charge is 0.393 e. The molecule has 1 fully saturated rings. The zero-order valence-electron chi connectivity index (χ0n) is 6.65. The molecule has 0 radical (unpaired) electrons. The van der Waals surface area contributed by atoms with Gasteiger partial charge in [0.1, 0.15) is 0 Å². The average Bonchev–Trinajstić information content (AvgIpc) is 2.58. The second-order valence-corrected chi connectivity index (χ2v) is 3.56. The minimum atomic E-state index is -0.159. The standard InChI is InChI=1S/C8H11ClN2O/c9-8-10-3-4-11(8)6-1-2-7(12)5-6/h3-4,6-7,12H,1-2,5H2. The lowest BCUT2D eigenvalue weighted by atomic mass is 10.2. The van der Waals surface area contributed by atoms with E-state index in [0.717, 1.165) is 19.3 Å². The third-order valence-corrected chi connectivity index (χ3v) is 2.68. The zero-order valence-corrected chi connectivity index (χ0v) is 7.41. The molecule has 0 bridgehead atoms. The summed E-state index contributed by atoms with van der Waals surface area (Å²) >= 11 is 5.84. The van der Waals surface area contributed by atoms with Crippen molar-refractivity contribution in [1.29, 1.82) is 0 Å². The van der Waals surface area contributed by atoms with Crippen LogP contribution >= 0.6 is 11.6 Å². The SMILES string of the molecule is OC1CCC(n2ccnc2Cl)C1. The Bertz CT molecular complexity index is 274. The summed E-state index contributed by atoms with van der Waals surface area (Å²) in [6, 6.07) is 0.343. The van der Waals surface area contributed by atoms with Crippen LogP contribution in [-0.2, 0) is 0 Å². The van der Waals surface area contributed by atoms with Gasteiger partial charge in [-0.1, -0.05) is 0 Å². The van der Waals surface area contributed by atoms with Gasteiger partial charge >= 0.3 is 0 Å². The summed E-state index contributed by atoms with van der Waals surface area (Å²) in [7, 11) is 0. The van der Waals surface area contributed by atoms with E-state index in [1.165, 1.54) is 0 Å². The van der Waals surface area contributed by atoms with Crippen molar-refractivity contribution in [2.75, 3.05) is 0 Å². The Hall–Kier alpha value is -0.540. The first-order chi connectivity index (χ1) is 5.77. The van der Waals surface area contributed by atoms with Gasteiger partial charge in [0.25, 0.3) is 0 Å². The van der Waals surface area contributed by atoms with Crippen molar-refractivity contribution in [2.24, 2.45) is 0 Å². The third kappa shape index (κ3) is 1.34. The molecule has 1 N–H and O–H groups in total. The molecule has 1 aliphatic rings. The Morgan fingerprint density at radius 2 is 2.42 bits per heavy atom. The number of halogens is 1. The van der Waals surface area contributed by atoms with Crippen molar-refractivity contribution >= 4 is 11.6 Å². The monoisotopic (exact) mass is 186 g/mol. The molecule has 12 heavy (non-hydrogen) atoms. The predicted octanol–water partition coefficient (Wildman–Crippen LogP) is 1.62. The number of aliphatic hydroxyl groups excluding tert-OH is 1. The van der Waals surface area contributed by atoms with Gasteiger partial charge in [0.05, 0.1) is 6.10 Å². The van der Waals surface area contributed by atoms with Gasteiger partial charge in [0.2, 0.25) is 5.28 Å². The molecule has 1 aliphatic carbocycles. The van der Waals surface area contributed by atoms with Crippen molar-refractivity contribution in [3.63, 3.8) is 0 Å². The highest BCUT2D eigenvalue weighted by atomic mass is 35.5. The molecule has 0 saturated heterocycles. The average molecular weight is 187 g/mol. The highest BCUT2D eigenvalue weighted by Gasteiger charge is 2.24. The molecule has 0 aliphatic heterocycles. The molecule has 1 aromatic heterocycles. The lowest BCUT2D eigenvalue weighted by molar-refractivity contribution is 0.178. The quantitative estimate of drug-likeness (QED) is 0.724. The van der Waals surface area contributed by atoms with E-state index >= 15 is 0 Å². The van der Waals surface area contributed by atoms with Gasteiger partial charge in [-0.05, 0) is 30.9 Å². The number of aromatic nitrogens is 2. The number of imidazole rings is 1. The van der Waals surface area contributed by atoms with Crippen LogP contribution in [0.5, 0.6) is 0 Å². The lowest BCUT2D eigenvalue weighted by Crippen LogP contribution is -2.06. The van der Waals surface area contributed by atoms with Gasteiger partial charge in [-0.2, -0.15) is 0 Å². The first-order valence-electron chi connectivity index (χ1n) is 4.14. The Morgan fingerprint density at radius 1 is 1.58 bits per heavy atom. The smallest absolute Gasteiger partial charge is 0.202 e. The highest BCUT2D eigenvalue weighted by Crippen LogP contribution is 2.31. The molecular weight excluding hydrogens is 176 g/mol. The van der Waals surface area contributed by atoms with Crippen LogP contribution in [0.4, 0.5) is 0 Å².